The van der Waals surface area contributed by atoms with Gasteiger partial charge in [0.15, 0.2) is 5.65 Å². The summed E-state index contributed by atoms with van der Waals surface area (Å²) in [5.74, 6) is 0.374. The van der Waals surface area contributed by atoms with Gasteiger partial charge in [-0.2, -0.15) is 18.2 Å². The Morgan fingerprint density at radius 1 is 1.10 bits per heavy atom. The average molecular weight is 292 g/mol. The largest absolute Gasteiger partial charge is 0.416 e. The van der Waals surface area contributed by atoms with E-state index in [2.05, 4.69) is 15.4 Å². The van der Waals surface area contributed by atoms with Crippen LogP contribution >= 0.6 is 0 Å². The van der Waals surface area contributed by atoms with Crippen LogP contribution in [0.1, 0.15) is 11.1 Å². The summed E-state index contributed by atoms with van der Waals surface area (Å²) in [6.45, 7) is 0.223. The molecule has 1 aromatic carbocycles. The number of rotatable bonds is 3. The minimum Gasteiger partial charge on any atom is -0.349 e. The van der Waals surface area contributed by atoms with E-state index in [4.69, 9.17) is 0 Å². The predicted octanol–water partition coefficient (Wildman–Crippen LogP) is 3.36. The molecule has 2 aromatic heterocycles. The molecule has 3 rings (SSSR count). The number of anilines is 1. The number of fused-ring (bicyclic) bond motifs is 1. The van der Waals surface area contributed by atoms with Crippen molar-refractivity contribution < 1.29 is 13.2 Å². The van der Waals surface area contributed by atoms with Crippen LogP contribution in [0.2, 0.25) is 0 Å². The highest BCUT2D eigenvalue weighted by Crippen LogP contribution is 2.29. The van der Waals surface area contributed by atoms with Gasteiger partial charge in [0, 0.05) is 12.7 Å². The van der Waals surface area contributed by atoms with E-state index in [0.717, 1.165) is 12.1 Å². The molecule has 1 N–H and O–H groups in total. The van der Waals surface area contributed by atoms with Crippen LogP contribution in [0.5, 0.6) is 0 Å². The van der Waals surface area contributed by atoms with Crippen molar-refractivity contribution in [2.24, 2.45) is 0 Å². The van der Waals surface area contributed by atoms with Gasteiger partial charge in [-0.25, -0.2) is 4.52 Å². The number of nitrogens with zero attached hydrogens (tertiary/aromatic N) is 3. The average Bonchev–Trinajstić information content (AvgIpc) is 2.87. The summed E-state index contributed by atoms with van der Waals surface area (Å²) >= 11 is 0. The van der Waals surface area contributed by atoms with Crippen molar-refractivity contribution in [1.82, 2.24) is 14.6 Å². The fourth-order valence-electron chi connectivity index (χ4n) is 1.95. The summed E-state index contributed by atoms with van der Waals surface area (Å²) in [5.41, 5.74) is 0.525. The van der Waals surface area contributed by atoms with Crippen molar-refractivity contribution >= 4 is 11.6 Å². The maximum absolute atomic E-state index is 12.6. The van der Waals surface area contributed by atoms with E-state index in [9.17, 15) is 13.2 Å². The molecule has 7 heteroatoms. The summed E-state index contributed by atoms with van der Waals surface area (Å²) < 4.78 is 39.5. The number of aromatic nitrogens is 3. The molecule has 3 aromatic rings. The summed E-state index contributed by atoms with van der Waals surface area (Å²) in [7, 11) is 0. The molecule has 0 aliphatic carbocycles. The second-order valence-electron chi connectivity index (χ2n) is 4.49. The zero-order valence-corrected chi connectivity index (χ0v) is 10.8. The minimum atomic E-state index is -4.34. The van der Waals surface area contributed by atoms with Crippen LogP contribution in [0.3, 0.4) is 0 Å². The van der Waals surface area contributed by atoms with E-state index in [1.54, 1.807) is 22.8 Å². The molecule has 2 heterocycles. The van der Waals surface area contributed by atoms with Crippen LogP contribution in [0.4, 0.5) is 19.1 Å². The molecule has 0 saturated carbocycles. The van der Waals surface area contributed by atoms with Gasteiger partial charge < -0.3 is 5.32 Å². The quantitative estimate of drug-likeness (QED) is 0.805. The highest BCUT2D eigenvalue weighted by Gasteiger charge is 2.30. The fraction of sp³-hybridized carbons (Fsp3) is 0.143. The SMILES string of the molecule is FC(F)(F)c1cccc(CNc2nc3ccccn3n2)c1. The lowest BCUT2D eigenvalue weighted by Crippen LogP contribution is -2.07. The Labute approximate surface area is 118 Å². The second kappa shape index (κ2) is 5.08. The van der Waals surface area contributed by atoms with Gasteiger partial charge in [0.1, 0.15) is 0 Å². The van der Waals surface area contributed by atoms with Crippen LogP contribution in [-0.2, 0) is 12.7 Å². The fourth-order valence-corrected chi connectivity index (χ4v) is 1.95. The number of nitrogens with one attached hydrogen (secondary N) is 1. The molecule has 0 unspecified atom stereocenters. The van der Waals surface area contributed by atoms with Gasteiger partial charge >= 0.3 is 6.18 Å². The topological polar surface area (TPSA) is 42.2 Å². The molecule has 108 valence electrons. The van der Waals surface area contributed by atoms with Crippen molar-refractivity contribution in [1.29, 1.82) is 0 Å². The van der Waals surface area contributed by atoms with Gasteiger partial charge in [0.05, 0.1) is 5.56 Å². The number of pyridine rings is 1. The van der Waals surface area contributed by atoms with E-state index in [0.29, 0.717) is 17.2 Å². The molecule has 4 nitrogen and oxygen atoms in total. The first kappa shape index (κ1) is 13.4. The monoisotopic (exact) mass is 292 g/mol. The smallest absolute Gasteiger partial charge is 0.349 e. The van der Waals surface area contributed by atoms with E-state index in [1.165, 1.54) is 6.07 Å². The van der Waals surface area contributed by atoms with Crippen LogP contribution in [0.25, 0.3) is 5.65 Å². The van der Waals surface area contributed by atoms with Gasteiger partial charge in [0.2, 0.25) is 5.95 Å². The molecule has 0 aliphatic heterocycles. The molecule has 0 spiro atoms. The second-order valence-corrected chi connectivity index (χ2v) is 4.49. The molecular weight excluding hydrogens is 281 g/mol. The van der Waals surface area contributed by atoms with Crippen LogP contribution in [0.15, 0.2) is 48.7 Å². The van der Waals surface area contributed by atoms with Crippen molar-refractivity contribution in [2.75, 3.05) is 5.32 Å². The van der Waals surface area contributed by atoms with Crippen molar-refractivity contribution in [2.45, 2.75) is 12.7 Å². The molecule has 0 atom stereocenters. The van der Waals surface area contributed by atoms with Gasteiger partial charge in [-0.05, 0) is 29.8 Å². The summed E-state index contributed by atoms with van der Waals surface area (Å²) in [6.07, 6.45) is -2.59. The van der Waals surface area contributed by atoms with E-state index in [1.807, 2.05) is 12.1 Å². The normalized spacial score (nSPS) is 11.8. The molecule has 0 amide bonds. The third-order valence-corrected chi connectivity index (χ3v) is 2.95. The van der Waals surface area contributed by atoms with E-state index in [-0.39, 0.29) is 6.54 Å². The van der Waals surface area contributed by atoms with Gasteiger partial charge in [0.25, 0.3) is 0 Å². The van der Waals surface area contributed by atoms with E-state index >= 15 is 0 Å². The maximum Gasteiger partial charge on any atom is 0.416 e. The molecule has 0 fully saturated rings. The maximum atomic E-state index is 12.6. The third-order valence-electron chi connectivity index (χ3n) is 2.95. The van der Waals surface area contributed by atoms with Crippen molar-refractivity contribution in [3.8, 4) is 0 Å². The molecule has 0 aliphatic rings. The number of hydrogen-bond acceptors (Lipinski definition) is 3. The zero-order valence-electron chi connectivity index (χ0n) is 10.8. The van der Waals surface area contributed by atoms with Crippen LogP contribution < -0.4 is 5.32 Å². The zero-order chi connectivity index (χ0) is 14.9. The van der Waals surface area contributed by atoms with Gasteiger partial charge in [-0.3, -0.25) is 0 Å². The van der Waals surface area contributed by atoms with Gasteiger partial charge in [-0.1, -0.05) is 18.2 Å². The highest BCUT2D eigenvalue weighted by atomic mass is 19.4. The lowest BCUT2D eigenvalue weighted by molar-refractivity contribution is -0.137. The first-order valence-electron chi connectivity index (χ1n) is 6.24. The number of alkyl halides is 3. The molecule has 0 saturated heterocycles. The first-order chi connectivity index (χ1) is 10.0. The predicted molar refractivity (Wildman–Crippen MR) is 71.8 cm³/mol. The van der Waals surface area contributed by atoms with Crippen LogP contribution in [0, 0.1) is 0 Å². The Morgan fingerprint density at radius 3 is 2.71 bits per heavy atom. The molecular formula is C14H11F3N4. The Balaban J connectivity index is 1.75. The lowest BCUT2D eigenvalue weighted by Gasteiger charge is -2.08. The van der Waals surface area contributed by atoms with E-state index < -0.39 is 11.7 Å². The Kier molecular flexibility index (Phi) is 3.25. The molecule has 0 radical (unpaired) electrons. The Morgan fingerprint density at radius 2 is 1.95 bits per heavy atom. The summed E-state index contributed by atoms with van der Waals surface area (Å²) in [4.78, 5) is 4.22. The minimum absolute atomic E-state index is 0.223. The van der Waals surface area contributed by atoms with Crippen LogP contribution in [-0.4, -0.2) is 14.6 Å². The molecule has 0 bridgehead atoms. The number of benzene rings is 1. The summed E-state index contributed by atoms with van der Waals surface area (Å²) in [6, 6.07) is 10.6. The van der Waals surface area contributed by atoms with Crippen molar-refractivity contribution in [3.05, 3.63) is 59.8 Å². The Bertz CT molecular complexity index is 731. The molecule has 21 heavy (non-hydrogen) atoms. The summed E-state index contributed by atoms with van der Waals surface area (Å²) in [5, 5.41) is 7.09. The van der Waals surface area contributed by atoms with Crippen molar-refractivity contribution in [3.63, 3.8) is 0 Å². The number of halogens is 3. The lowest BCUT2D eigenvalue weighted by atomic mass is 10.1. The highest BCUT2D eigenvalue weighted by molar-refractivity contribution is 5.43. The van der Waals surface area contributed by atoms with Gasteiger partial charge in [-0.15, -0.1) is 5.10 Å². The Hall–Kier alpha value is -2.57. The standard InChI is InChI=1S/C14H11F3N4/c15-14(16,17)11-5-3-4-10(8-11)9-18-13-19-12-6-1-2-7-21(12)20-13/h1-8H,9H2,(H,18,20). The number of hydrogen-bond donors (Lipinski definition) is 1. The third kappa shape index (κ3) is 2.96. The first-order valence-corrected chi connectivity index (χ1v) is 6.24.